The molecule has 0 aliphatic rings. The molecular weight excluding hydrogens is 679 g/mol. The minimum absolute atomic E-state index is 0.899. The first-order valence-corrected chi connectivity index (χ1v) is 19.2. The van der Waals surface area contributed by atoms with Crippen LogP contribution < -0.4 is 4.90 Å². The zero-order valence-electron chi connectivity index (χ0n) is 30.6. The molecular formula is C54H35NO. The number of hydrogen-bond acceptors (Lipinski definition) is 2. The van der Waals surface area contributed by atoms with Crippen LogP contribution in [0.5, 0.6) is 0 Å². The standard InChI is InChI=1S/C54H35NO/c1-2-13-41-34-43(23-22-36(41)10-1)42-15-7-16-46(35-42)55(44-29-24-39(25-30-44)48-19-8-14-37-11-3-5-17-47(37)48)45-31-26-40(27-32-45)49-20-9-21-52-53(49)51-33-28-38-12-4-6-18-50(38)54(51)56-52/h1-35H. The average Bonchev–Trinajstić information content (AvgIpc) is 3.67. The van der Waals surface area contributed by atoms with Gasteiger partial charge in [-0.2, -0.15) is 0 Å². The van der Waals surface area contributed by atoms with Gasteiger partial charge in [0.2, 0.25) is 0 Å². The molecule has 0 bridgehead atoms. The van der Waals surface area contributed by atoms with Gasteiger partial charge in [0.05, 0.1) is 0 Å². The molecule has 0 aliphatic carbocycles. The number of anilines is 3. The van der Waals surface area contributed by atoms with Crippen molar-refractivity contribution in [1.29, 1.82) is 0 Å². The lowest BCUT2D eigenvalue weighted by molar-refractivity contribution is 0.673. The van der Waals surface area contributed by atoms with E-state index in [0.717, 1.165) is 55.5 Å². The van der Waals surface area contributed by atoms with Crippen LogP contribution in [0.4, 0.5) is 17.1 Å². The highest BCUT2D eigenvalue weighted by molar-refractivity contribution is 6.19. The van der Waals surface area contributed by atoms with Crippen molar-refractivity contribution in [2.75, 3.05) is 4.90 Å². The monoisotopic (exact) mass is 713 g/mol. The molecule has 10 aromatic carbocycles. The Morgan fingerprint density at radius 1 is 0.304 bits per heavy atom. The highest BCUT2D eigenvalue weighted by Gasteiger charge is 2.18. The Morgan fingerprint density at radius 3 is 1.64 bits per heavy atom. The van der Waals surface area contributed by atoms with E-state index in [-0.39, 0.29) is 0 Å². The minimum Gasteiger partial charge on any atom is -0.455 e. The SMILES string of the molecule is c1cc(-c2ccc3ccccc3c2)cc(N(c2ccc(-c3cccc4ccccc34)cc2)c2ccc(-c3cccc4oc5c6ccccc6ccc5c34)cc2)c1. The molecule has 1 heterocycles. The summed E-state index contributed by atoms with van der Waals surface area (Å²) in [5, 5.41) is 9.58. The van der Waals surface area contributed by atoms with E-state index in [1.807, 2.05) is 0 Å². The predicted molar refractivity (Wildman–Crippen MR) is 237 cm³/mol. The molecule has 0 unspecified atom stereocenters. The van der Waals surface area contributed by atoms with Gasteiger partial charge in [-0.25, -0.2) is 0 Å². The number of nitrogens with zero attached hydrogens (tertiary/aromatic N) is 1. The number of rotatable bonds is 6. The first kappa shape index (κ1) is 32.0. The molecule has 0 amide bonds. The van der Waals surface area contributed by atoms with Crippen LogP contribution in [0.3, 0.4) is 0 Å². The number of hydrogen-bond donors (Lipinski definition) is 0. The molecule has 0 atom stereocenters. The van der Waals surface area contributed by atoms with Crippen LogP contribution in [0.25, 0.3) is 87.6 Å². The summed E-state index contributed by atoms with van der Waals surface area (Å²) in [5.74, 6) is 0. The molecule has 0 aliphatic heterocycles. The molecule has 0 radical (unpaired) electrons. The Balaban J connectivity index is 1.03. The predicted octanol–water partition coefficient (Wildman–Crippen LogP) is 15.5. The van der Waals surface area contributed by atoms with Gasteiger partial charge < -0.3 is 9.32 Å². The second-order valence-electron chi connectivity index (χ2n) is 14.5. The molecule has 0 saturated heterocycles. The topological polar surface area (TPSA) is 16.4 Å². The first-order valence-electron chi connectivity index (χ1n) is 19.2. The molecule has 0 N–H and O–H groups in total. The molecule has 2 heteroatoms. The number of benzene rings is 10. The number of furan rings is 1. The number of fused-ring (bicyclic) bond motifs is 7. The molecule has 1 aromatic heterocycles. The Kier molecular flexibility index (Phi) is 7.53. The Labute approximate surface area is 325 Å². The van der Waals surface area contributed by atoms with E-state index >= 15 is 0 Å². The van der Waals surface area contributed by atoms with E-state index in [2.05, 4.69) is 217 Å². The summed E-state index contributed by atoms with van der Waals surface area (Å²) in [6.07, 6.45) is 0. The van der Waals surface area contributed by atoms with Crippen LogP contribution in [-0.2, 0) is 0 Å². The van der Waals surface area contributed by atoms with E-state index in [1.54, 1.807) is 0 Å². The molecule has 2 nitrogen and oxygen atoms in total. The van der Waals surface area contributed by atoms with Crippen LogP contribution in [0.15, 0.2) is 217 Å². The molecule has 11 aromatic rings. The Hall–Kier alpha value is -7.42. The Bertz CT molecular complexity index is 3240. The second kappa shape index (κ2) is 13.2. The van der Waals surface area contributed by atoms with Crippen molar-refractivity contribution in [2.45, 2.75) is 0 Å². The van der Waals surface area contributed by atoms with Crippen molar-refractivity contribution in [3.63, 3.8) is 0 Å². The van der Waals surface area contributed by atoms with Gasteiger partial charge in [-0.3, -0.25) is 0 Å². The van der Waals surface area contributed by atoms with Crippen molar-refractivity contribution in [2.24, 2.45) is 0 Å². The smallest absolute Gasteiger partial charge is 0.143 e. The van der Waals surface area contributed by atoms with Gasteiger partial charge in [-0.05, 0) is 115 Å². The Morgan fingerprint density at radius 2 is 0.857 bits per heavy atom. The molecule has 0 saturated carbocycles. The zero-order chi connectivity index (χ0) is 37.0. The van der Waals surface area contributed by atoms with Gasteiger partial charge in [0.15, 0.2) is 0 Å². The first-order chi connectivity index (χ1) is 27.7. The normalized spacial score (nSPS) is 11.6. The summed E-state index contributed by atoms with van der Waals surface area (Å²) >= 11 is 0. The lowest BCUT2D eigenvalue weighted by atomic mass is 9.97. The largest absolute Gasteiger partial charge is 0.455 e. The minimum atomic E-state index is 0.899. The van der Waals surface area contributed by atoms with Crippen LogP contribution in [-0.4, -0.2) is 0 Å². The average molecular weight is 714 g/mol. The third-order valence-corrected chi connectivity index (χ3v) is 11.2. The van der Waals surface area contributed by atoms with Crippen molar-refractivity contribution >= 4 is 71.3 Å². The lowest BCUT2D eigenvalue weighted by Gasteiger charge is -2.26. The maximum atomic E-state index is 6.53. The molecule has 262 valence electrons. The summed E-state index contributed by atoms with van der Waals surface area (Å²) in [4.78, 5) is 2.36. The highest BCUT2D eigenvalue weighted by Crippen LogP contribution is 2.42. The summed E-state index contributed by atoms with van der Waals surface area (Å²) in [5.41, 5.74) is 12.2. The molecule has 56 heavy (non-hydrogen) atoms. The van der Waals surface area contributed by atoms with Gasteiger partial charge in [0.25, 0.3) is 0 Å². The van der Waals surface area contributed by atoms with Gasteiger partial charge in [0, 0.05) is 33.2 Å². The third kappa shape index (κ3) is 5.42. The fraction of sp³-hybridized carbons (Fsp3) is 0. The van der Waals surface area contributed by atoms with Crippen LogP contribution in [0.1, 0.15) is 0 Å². The summed E-state index contributed by atoms with van der Waals surface area (Å²) in [6, 6.07) is 76.5. The fourth-order valence-electron chi connectivity index (χ4n) is 8.49. The van der Waals surface area contributed by atoms with E-state index in [9.17, 15) is 0 Å². The van der Waals surface area contributed by atoms with Crippen molar-refractivity contribution in [1.82, 2.24) is 0 Å². The van der Waals surface area contributed by atoms with Crippen molar-refractivity contribution in [3.05, 3.63) is 212 Å². The zero-order valence-corrected chi connectivity index (χ0v) is 30.6. The summed E-state index contributed by atoms with van der Waals surface area (Å²) in [7, 11) is 0. The van der Waals surface area contributed by atoms with Crippen LogP contribution >= 0.6 is 0 Å². The van der Waals surface area contributed by atoms with Gasteiger partial charge >= 0.3 is 0 Å². The van der Waals surface area contributed by atoms with E-state index in [0.29, 0.717) is 0 Å². The summed E-state index contributed by atoms with van der Waals surface area (Å²) in [6.45, 7) is 0. The maximum absolute atomic E-state index is 6.53. The van der Waals surface area contributed by atoms with E-state index < -0.39 is 0 Å². The van der Waals surface area contributed by atoms with Crippen molar-refractivity contribution < 1.29 is 4.42 Å². The van der Waals surface area contributed by atoms with Crippen LogP contribution in [0, 0.1) is 0 Å². The summed E-state index contributed by atoms with van der Waals surface area (Å²) < 4.78 is 6.53. The van der Waals surface area contributed by atoms with E-state index in [1.165, 1.54) is 49.2 Å². The van der Waals surface area contributed by atoms with Crippen molar-refractivity contribution in [3.8, 4) is 33.4 Å². The molecule has 0 spiro atoms. The van der Waals surface area contributed by atoms with E-state index in [4.69, 9.17) is 4.42 Å². The fourth-order valence-corrected chi connectivity index (χ4v) is 8.49. The second-order valence-corrected chi connectivity index (χ2v) is 14.5. The molecule has 11 rings (SSSR count). The van der Waals surface area contributed by atoms with Gasteiger partial charge in [-0.15, -0.1) is 0 Å². The maximum Gasteiger partial charge on any atom is 0.143 e. The highest BCUT2D eigenvalue weighted by atomic mass is 16.3. The van der Waals surface area contributed by atoms with Gasteiger partial charge in [-0.1, -0.05) is 158 Å². The quantitative estimate of drug-likeness (QED) is 0.171. The van der Waals surface area contributed by atoms with Gasteiger partial charge in [0.1, 0.15) is 11.2 Å². The lowest BCUT2D eigenvalue weighted by Crippen LogP contribution is -2.10. The molecule has 0 fully saturated rings. The van der Waals surface area contributed by atoms with Crippen LogP contribution in [0.2, 0.25) is 0 Å². The third-order valence-electron chi connectivity index (χ3n) is 11.2.